The van der Waals surface area contributed by atoms with Gasteiger partial charge in [0.25, 0.3) is 0 Å². The molecule has 0 radical (unpaired) electrons. The third-order valence-corrected chi connectivity index (χ3v) is 5.14. The zero-order chi connectivity index (χ0) is 15.6. The maximum atomic E-state index is 5.54. The Morgan fingerprint density at radius 2 is 1.96 bits per heavy atom. The largest absolute Gasteiger partial charge is 0.496 e. The zero-order valence-corrected chi connectivity index (χ0v) is 13.7. The summed E-state index contributed by atoms with van der Waals surface area (Å²) in [6.45, 7) is 3.33. The van der Waals surface area contributed by atoms with Crippen molar-refractivity contribution in [2.45, 2.75) is 25.3 Å². The molecule has 2 aliphatic rings. The van der Waals surface area contributed by atoms with Gasteiger partial charge in [-0.25, -0.2) is 0 Å². The molecule has 1 N–H and O–H groups in total. The van der Waals surface area contributed by atoms with Crippen molar-refractivity contribution in [3.8, 4) is 5.75 Å². The van der Waals surface area contributed by atoms with Crippen LogP contribution in [0.1, 0.15) is 23.1 Å². The normalized spacial score (nSPS) is 19.9. The highest BCUT2D eigenvalue weighted by Crippen LogP contribution is 2.38. The topological polar surface area (TPSA) is 24.5 Å². The van der Waals surface area contributed by atoms with Crippen LogP contribution in [0.5, 0.6) is 5.75 Å². The molecule has 3 nitrogen and oxygen atoms in total. The van der Waals surface area contributed by atoms with E-state index in [-0.39, 0.29) is 0 Å². The molecule has 2 aromatic carbocycles. The summed E-state index contributed by atoms with van der Waals surface area (Å²) in [5.41, 5.74) is 5.69. The van der Waals surface area contributed by atoms with Crippen molar-refractivity contribution in [3.63, 3.8) is 0 Å². The van der Waals surface area contributed by atoms with E-state index in [4.69, 9.17) is 4.74 Å². The Balaban J connectivity index is 1.70. The molecule has 1 fully saturated rings. The molecule has 0 aliphatic carbocycles. The predicted octanol–water partition coefficient (Wildman–Crippen LogP) is 3.01. The molecule has 0 spiro atoms. The Kier molecular flexibility index (Phi) is 3.96. The lowest BCUT2D eigenvalue weighted by atomic mass is 9.99. The lowest BCUT2D eigenvalue weighted by molar-refractivity contribution is 0.410. The first-order chi connectivity index (χ1) is 11.4. The quantitative estimate of drug-likeness (QED) is 0.943. The van der Waals surface area contributed by atoms with Crippen molar-refractivity contribution < 1.29 is 4.74 Å². The van der Waals surface area contributed by atoms with Crippen LogP contribution in [0.2, 0.25) is 0 Å². The molecule has 0 bridgehead atoms. The summed E-state index contributed by atoms with van der Waals surface area (Å²) < 4.78 is 5.54. The number of ether oxygens (including phenoxy) is 1. The molecule has 23 heavy (non-hydrogen) atoms. The minimum absolute atomic E-state index is 0.666. The molecule has 2 aliphatic heterocycles. The molecule has 3 heteroatoms. The molecule has 2 aromatic rings. The number of fused-ring (bicyclic) bond motifs is 3. The minimum Gasteiger partial charge on any atom is -0.496 e. The standard InChI is InChI=1S/C20H24N2O/c1-23-19-8-3-2-5-15(19)13-16-6-4-7-17-14-18-9-10-21-11-12-22(18)20(16)17/h2-8,18,21H,9-14H2,1H3. The van der Waals surface area contributed by atoms with Crippen molar-refractivity contribution in [2.75, 3.05) is 31.6 Å². The van der Waals surface area contributed by atoms with E-state index < -0.39 is 0 Å². The van der Waals surface area contributed by atoms with Crippen LogP contribution in [0.25, 0.3) is 0 Å². The van der Waals surface area contributed by atoms with E-state index in [1.807, 2.05) is 6.07 Å². The van der Waals surface area contributed by atoms with Crippen LogP contribution in [0.4, 0.5) is 5.69 Å². The fourth-order valence-corrected chi connectivity index (χ4v) is 4.07. The van der Waals surface area contributed by atoms with Crippen LogP contribution in [0.3, 0.4) is 0 Å². The summed E-state index contributed by atoms with van der Waals surface area (Å²) in [6.07, 6.45) is 3.36. The van der Waals surface area contributed by atoms with Gasteiger partial charge in [0.1, 0.15) is 5.75 Å². The molecule has 1 unspecified atom stereocenters. The number of anilines is 1. The van der Waals surface area contributed by atoms with E-state index in [1.54, 1.807) is 7.11 Å². The summed E-state index contributed by atoms with van der Waals surface area (Å²) in [5, 5.41) is 3.53. The van der Waals surface area contributed by atoms with Crippen LogP contribution in [-0.4, -0.2) is 32.8 Å². The monoisotopic (exact) mass is 308 g/mol. The maximum Gasteiger partial charge on any atom is 0.122 e. The Morgan fingerprint density at radius 3 is 2.87 bits per heavy atom. The molecule has 2 heterocycles. The highest BCUT2D eigenvalue weighted by Gasteiger charge is 2.31. The third-order valence-electron chi connectivity index (χ3n) is 5.14. The van der Waals surface area contributed by atoms with Gasteiger partial charge in [-0.15, -0.1) is 0 Å². The van der Waals surface area contributed by atoms with Gasteiger partial charge in [-0.2, -0.15) is 0 Å². The van der Waals surface area contributed by atoms with E-state index in [9.17, 15) is 0 Å². The predicted molar refractivity (Wildman–Crippen MR) is 94.6 cm³/mol. The smallest absolute Gasteiger partial charge is 0.122 e. The number of rotatable bonds is 3. The van der Waals surface area contributed by atoms with Crippen LogP contribution in [-0.2, 0) is 12.8 Å². The van der Waals surface area contributed by atoms with Crippen molar-refractivity contribution in [1.29, 1.82) is 0 Å². The molecule has 1 saturated heterocycles. The van der Waals surface area contributed by atoms with Gasteiger partial charge in [-0.05, 0) is 42.1 Å². The molecule has 0 amide bonds. The number of nitrogens with one attached hydrogen (secondary N) is 1. The summed E-state index contributed by atoms with van der Waals surface area (Å²) >= 11 is 0. The highest BCUT2D eigenvalue weighted by molar-refractivity contribution is 5.66. The van der Waals surface area contributed by atoms with Crippen molar-refractivity contribution in [3.05, 3.63) is 59.2 Å². The average Bonchev–Trinajstić information content (AvgIpc) is 2.78. The summed E-state index contributed by atoms with van der Waals surface area (Å²) in [4.78, 5) is 2.64. The van der Waals surface area contributed by atoms with Crippen LogP contribution in [0, 0.1) is 0 Å². The lowest BCUT2D eigenvalue weighted by Crippen LogP contribution is -2.33. The highest BCUT2D eigenvalue weighted by atomic mass is 16.5. The Morgan fingerprint density at radius 1 is 1.09 bits per heavy atom. The second-order valence-corrected chi connectivity index (χ2v) is 6.50. The Labute approximate surface area is 138 Å². The number of hydrogen-bond acceptors (Lipinski definition) is 3. The van der Waals surface area contributed by atoms with Gasteiger partial charge in [-0.1, -0.05) is 36.4 Å². The SMILES string of the molecule is COc1ccccc1Cc1cccc2c1N1CCNCCC1C2. The Bertz CT molecular complexity index is 698. The van der Waals surface area contributed by atoms with E-state index in [2.05, 4.69) is 46.6 Å². The molecular formula is C20H24N2O. The average molecular weight is 308 g/mol. The van der Waals surface area contributed by atoms with Gasteiger partial charge in [0.2, 0.25) is 0 Å². The van der Waals surface area contributed by atoms with Gasteiger partial charge in [-0.3, -0.25) is 0 Å². The number of methoxy groups -OCH3 is 1. The number of benzene rings is 2. The first-order valence-electron chi connectivity index (χ1n) is 8.57. The van der Waals surface area contributed by atoms with Gasteiger partial charge in [0, 0.05) is 31.2 Å². The second-order valence-electron chi connectivity index (χ2n) is 6.50. The number of para-hydroxylation sites is 2. The third kappa shape index (κ3) is 2.70. The molecule has 0 aromatic heterocycles. The second kappa shape index (κ2) is 6.25. The van der Waals surface area contributed by atoms with E-state index in [0.717, 1.165) is 31.8 Å². The first-order valence-corrected chi connectivity index (χ1v) is 8.57. The molecule has 0 saturated carbocycles. The van der Waals surface area contributed by atoms with Crippen LogP contribution < -0.4 is 15.0 Å². The summed E-state index contributed by atoms with van der Waals surface area (Å²) in [7, 11) is 1.75. The van der Waals surface area contributed by atoms with Crippen molar-refractivity contribution >= 4 is 5.69 Å². The van der Waals surface area contributed by atoms with Gasteiger partial charge < -0.3 is 15.0 Å². The van der Waals surface area contributed by atoms with Crippen molar-refractivity contribution in [1.82, 2.24) is 5.32 Å². The zero-order valence-electron chi connectivity index (χ0n) is 13.7. The Hall–Kier alpha value is -2.00. The minimum atomic E-state index is 0.666. The van der Waals surface area contributed by atoms with Crippen molar-refractivity contribution in [2.24, 2.45) is 0 Å². The van der Waals surface area contributed by atoms with Crippen LogP contribution in [0.15, 0.2) is 42.5 Å². The molecule has 120 valence electrons. The van der Waals surface area contributed by atoms with E-state index in [1.165, 1.54) is 35.2 Å². The molecule has 4 rings (SSSR count). The molecule has 1 atom stereocenters. The van der Waals surface area contributed by atoms with Gasteiger partial charge >= 0.3 is 0 Å². The van der Waals surface area contributed by atoms with Gasteiger partial charge in [0.15, 0.2) is 0 Å². The summed E-state index contributed by atoms with van der Waals surface area (Å²) in [5.74, 6) is 0.984. The number of hydrogen-bond donors (Lipinski definition) is 1. The van der Waals surface area contributed by atoms with Gasteiger partial charge in [0.05, 0.1) is 7.11 Å². The maximum absolute atomic E-state index is 5.54. The first kappa shape index (κ1) is 14.6. The fraction of sp³-hybridized carbons (Fsp3) is 0.400. The molecular weight excluding hydrogens is 284 g/mol. The lowest BCUT2D eigenvalue weighted by Gasteiger charge is -2.26. The van der Waals surface area contributed by atoms with E-state index in [0.29, 0.717) is 6.04 Å². The summed E-state index contributed by atoms with van der Waals surface area (Å²) in [6, 6.07) is 15.8. The van der Waals surface area contributed by atoms with Crippen LogP contribution >= 0.6 is 0 Å². The van der Waals surface area contributed by atoms with E-state index >= 15 is 0 Å². The fourth-order valence-electron chi connectivity index (χ4n) is 4.07. The number of nitrogens with zero attached hydrogens (tertiary/aromatic N) is 1.